The molecule has 1 atom stereocenters. The minimum absolute atomic E-state index is 0.0836. The van der Waals surface area contributed by atoms with Gasteiger partial charge in [0.25, 0.3) is 0 Å². The van der Waals surface area contributed by atoms with Crippen LogP contribution < -0.4 is 11.1 Å². The van der Waals surface area contributed by atoms with Crippen LogP contribution in [-0.2, 0) is 4.79 Å². The highest BCUT2D eigenvalue weighted by atomic mass is 32.1. The van der Waals surface area contributed by atoms with Gasteiger partial charge in [0.2, 0.25) is 5.91 Å². The summed E-state index contributed by atoms with van der Waals surface area (Å²) in [5.41, 5.74) is 4.91. The van der Waals surface area contributed by atoms with Gasteiger partial charge in [0.1, 0.15) is 0 Å². The maximum Gasteiger partial charge on any atom is 0.240 e. The Hall–Kier alpha value is -0.870. The molecule has 0 spiro atoms. The summed E-state index contributed by atoms with van der Waals surface area (Å²) in [7, 11) is 0. The van der Waals surface area contributed by atoms with Crippen molar-refractivity contribution in [3.05, 3.63) is 22.4 Å². The van der Waals surface area contributed by atoms with E-state index in [1.54, 1.807) is 25.2 Å². The largest absolute Gasteiger partial charge is 0.347 e. The molecule has 0 saturated carbocycles. The van der Waals surface area contributed by atoms with Crippen LogP contribution in [-0.4, -0.2) is 11.4 Å². The van der Waals surface area contributed by atoms with Gasteiger partial charge in [-0.15, -0.1) is 11.3 Å². The summed E-state index contributed by atoms with van der Waals surface area (Å²) >= 11 is 1.65. The van der Waals surface area contributed by atoms with Crippen molar-refractivity contribution in [2.45, 2.75) is 38.8 Å². The molecule has 4 heteroatoms. The Morgan fingerprint density at radius 1 is 1.67 bits per heavy atom. The molecule has 1 aromatic rings. The lowest BCUT2D eigenvalue weighted by Gasteiger charge is -2.22. The van der Waals surface area contributed by atoms with E-state index >= 15 is 0 Å². The monoisotopic (exact) mass is 226 g/mol. The van der Waals surface area contributed by atoms with Crippen molar-refractivity contribution in [1.29, 1.82) is 0 Å². The zero-order chi connectivity index (χ0) is 11.5. The van der Waals surface area contributed by atoms with E-state index in [4.69, 9.17) is 5.73 Å². The molecule has 1 aromatic heterocycles. The van der Waals surface area contributed by atoms with E-state index in [9.17, 15) is 4.79 Å². The van der Waals surface area contributed by atoms with Crippen LogP contribution in [0.1, 0.15) is 38.1 Å². The lowest BCUT2D eigenvalue weighted by atomic mass is 10.0. The molecule has 0 aliphatic rings. The summed E-state index contributed by atoms with van der Waals surface area (Å²) in [5, 5.41) is 4.97. The van der Waals surface area contributed by atoms with Crippen LogP contribution in [0.25, 0.3) is 0 Å². The van der Waals surface area contributed by atoms with E-state index < -0.39 is 5.54 Å². The van der Waals surface area contributed by atoms with Crippen molar-refractivity contribution in [2.24, 2.45) is 5.73 Å². The number of nitrogens with one attached hydrogen (secondary N) is 1. The molecule has 3 N–H and O–H groups in total. The average Bonchev–Trinajstić information content (AvgIpc) is 2.64. The molecule has 1 amide bonds. The predicted molar refractivity (Wildman–Crippen MR) is 63.8 cm³/mol. The summed E-state index contributed by atoms with van der Waals surface area (Å²) in [6, 6.07) is 4.10. The molecule has 15 heavy (non-hydrogen) atoms. The first-order valence-corrected chi connectivity index (χ1v) is 5.96. The SMILES string of the molecule is CCC(NC(=O)C(C)(C)N)c1cccs1. The molecule has 0 aromatic carbocycles. The Morgan fingerprint density at radius 2 is 2.33 bits per heavy atom. The highest BCUT2D eigenvalue weighted by Crippen LogP contribution is 2.22. The molecular formula is C11H18N2OS. The molecule has 84 valence electrons. The van der Waals surface area contributed by atoms with Gasteiger partial charge in [-0.3, -0.25) is 4.79 Å². The van der Waals surface area contributed by atoms with Crippen molar-refractivity contribution in [1.82, 2.24) is 5.32 Å². The lowest BCUT2D eigenvalue weighted by Crippen LogP contribution is -2.49. The van der Waals surface area contributed by atoms with Crippen molar-refractivity contribution >= 4 is 17.2 Å². The lowest BCUT2D eigenvalue weighted by molar-refractivity contribution is -0.126. The minimum Gasteiger partial charge on any atom is -0.347 e. The first-order valence-electron chi connectivity index (χ1n) is 5.08. The van der Waals surface area contributed by atoms with Gasteiger partial charge in [-0.05, 0) is 31.7 Å². The van der Waals surface area contributed by atoms with E-state index in [1.807, 2.05) is 24.4 Å². The maximum atomic E-state index is 11.7. The Balaban J connectivity index is 2.67. The van der Waals surface area contributed by atoms with Crippen molar-refractivity contribution in [3.8, 4) is 0 Å². The molecule has 0 aliphatic carbocycles. The van der Waals surface area contributed by atoms with Gasteiger partial charge >= 0.3 is 0 Å². The second-order valence-corrected chi connectivity index (χ2v) is 5.15. The molecule has 0 aliphatic heterocycles. The summed E-state index contributed by atoms with van der Waals surface area (Å²) in [4.78, 5) is 12.9. The Bertz CT molecular complexity index is 314. The van der Waals surface area contributed by atoms with Gasteiger partial charge in [0.15, 0.2) is 0 Å². The topological polar surface area (TPSA) is 55.1 Å². The second kappa shape index (κ2) is 4.77. The van der Waals surface area contributed by atoms with E-state index in [2.05, 4.69) is 5.32 Å². The molecule has 0 radical (unpaired) electrons. The molecule has 1 unspecified atom stereocenters. The van der Waals surface area contributed by atoms with Gasteiger partial charge in [-0.25, -0.2) is 0 Å². The fourth-order valence-electron chi connectivity index (χ4n) is 1.21. The molecule has 1 heterocycles. The third kappa shape index (κ3) is 3.32. The van der Waals surface area contributed by atoms with Gasteiger partial charge in [-0.1, -0.05) is 13.0 Å². The quantitative estimate of drug-likeness (QED) is 0.825. The first kappa shape index (κ1) is 12.2. The number of amides is 1. The number of carbonyl (C=O) groups is 1. The third-order valence-corrected chi connectivity index (χ3v) is 3.17. The highest BCUT2D eigenvalue weighted by molar-refractivity contribution is 7.10. The summed E-state index contributed by atoms with van der Waals surface area (Å²) in [6.45, 7) is 5.47. The van der Waals surface area contributed by atoms with E-state index in [0.717, 1.165) is 6.42 Å². The summed E-state index contributed by atoms with van der Waals surface area (Å²) in [5.74, 6) is -0.109. The van der Waals surface area contributed by atoms with Gasteiger partial charge in [0, 0.05) is 4.88 Å². The van der Waals surface area contributed by atoms with Crippen molar-refractivity contribution in [2.75, 3.05) is 0 Å². The van der Waals surface area contributed by atoms with E-state index in [-0.39, 0.29) is 11.9 Å². The van der Waals surface area contributed by atoms with E-state index in [1.165, 1.54) is 4.88 Å². The van der Waals surface area contributed by atoms with Crippen molar-refractivity contribution < 1.29 is 4.79 Å². The number of nitrogens with two attached hydrogens (primary N) is 1. The number of rotatable bonds is 4. The minimum atomic E-state index is -0.815. The highest BCUT2D eigenvalue weighted by Gasteiger charge is 2.24. The zero-order valence-electron chi connectivity index (χ0n) is 9.41. The Kier molecular flexibility index (Phi) is 3.88. The molecule has 0 fully saturated rings. The van der Waals surface area contributed by atoms with Crippen LogP contribution in [0.4, 0.5) is 0 Å². The molecule has 0 bridgehead atoms. The zero-order valence-corrected chi connectivity index (χ0v) is 10.2. The number of hydrogen-bond acceptors (Lipinski definition) is 3. The maximum absolute atomic E-state index is 11.7. The Labute approximate surface area is 94.7 Å². The molecular weight excluding hydrogens is 208 g/mol. The van der Waals surface area contributed by atoms with Crippen LogP contribution in [0.5, 0.6) is 0 Å². The number of thiophene rings is 1. The van der Waals surface area contributed by atoms with Gasteiger partial charge in [0.05, 0.1) is 11.6 Å². The van der Waals surface area contributed by atoms with Crippen LogP contribution in [0.2, 0.25) is 0 Å². The van der Waals surface area contributed by atoms with Crippen LogP contribution >= 0.6 is 11.3 Å². The van der Waals surface area contributed by atoms with Crippen LogP contribution in [0, 0.1) is 0 Å². The van der Waals surface area contributed by atoms with Crippen LogP contribution in [0.3, 0.4) is 0 Å². The summed E-state index contributed by atoms with van der Waals surface area (Å²) < 4.78 is 0. The molecule has 3 nitrogen and oxygen atoms in total. The summed E-state index contributed by atoms with van der Waals surface area (Å²) in [6.07, 6.45) is 0.877. The fraction of sp³-hybridized carbons (Fsp3) is 0.545. The van der Waals surface area contributed by atoms with Gasteiger partial charge in [-0.2, -0.15) is 0 Å². The van der Waals surface area contributed by atoms with E-state index in [0.29, 0.717) is 0 Å². The van der Waals surface area contributed by atoms with Gasteiger partial charge < -0.3 is 11.1 Å². The Morgan fingerprint density at radius 3 is 2.73 bits per heavy atom. The third-order valence-electron chi connectivity index (χ3n) is 2.19. The molecule has 1 rings (SSSR count). The normalized spacial score (nSPS) is 13.6. The predicted octanol–water partition coefficient (Wildman–Crippen LogP) is 2.05. The second-order valence-electron chi connectivity index (χ2n) is 4.17. The standard InChI is InChI=1S/C11H18N2OS/c1-4-8(9-6-5-7-15-9)13-10(14)11(2,3)12/h5-8H,4,12H2,1-3H3,(H,13,14). The number of hydrogen-bond donors (Lipinski definition) is 2. The number of carbonyl (C=O) groups excluding carboxylic acids is 1. The fourth-order valence-corrected chi connectivity index (χ4v) is 2.07. The average molecular weight is 226 g/mol. The van der Waals surface area contributed by atoms with Crippen LogP contribution in [0.15, 0.2) is 17.5 Å². The molecule has 0 saturated heterocycles. The first-order chi connectivity index (χ1) is 6.95. The van der Waals surface area contributed by atoms with Crippen molar-refractivity contribution in [3.63, 3.8) is 0 Å². The smallest absolute Gasteiger partial charge is 0.240 e.